The quantitative estimate of drug-likeness (QED) is 0.727. The van der Waals surface area contributed by atoms with Gasteiger partial charge in [-0.05, 0) is 18.6 Å². The van der Waals surface area contributed by atoms with Gasteiger partial charge in [0, 0.05) is 13.7 Å². The molecule has 1 N–H and O–H groups in total. The number of hydrogen-bond acceptors (Lipinski definition) is 4. The fourth-order valence-corrected chi connectivity index (χ4v) is 1.58. The maximum Gasteiger partial charge on any atom is 0.261 e. The molecule has 0 aliphatic carbocycles. The molecular formula is C14H21NO4. The zero-order valence-corrected chi connectivity index (χ0v) is 11.6. The minimum atomic E-state index is -0.534. The molecule has 1 atom stereocenters. The summed E-state index contributed by atoms with van der Waals surface area (Å²) in [6.07, 6.45) is 0.0461. The first-order valence-corrected chi connectivity index (χ1v) is 6.29. The van der Waals surface area contributed by atoms with Crippen molar-refractivity contribution in [1.82, 2.24) is 5.32 Å². The van der Waals surface area contributed by atoms with Gasteiger partial charge in [0.25, 0.3) is 5.91 Å². The van der Waals surface area contributed by atoms with E-state index in [2.05, 4.69) is 5.32 Å². The smallest absolute Gasteiger partial charge is 0.261 e. The van der Waals surface area contributed by atoms with Crippen molar-refractivity contribution in [3.8, 4) is 11.5 Å². The van der Waals surface area contributed by atoms with E-state index in [1.807, 2.05) is 19.1 Å². The number of ether oxygens (including phenoxy) is 3. The van der Waals surface area contributed by atoms with Gasteiger partial charge in [0.05, 0.1) is 13.7 Å². The van der Waals surface area contributed by atoms with Gasteiger partial charge in [0.2, 0.25) is 0 Å². The number of carbonyl (C=O) groups is 1. The Morgan fingerprint density at radius 1 is 1.26 bits per heavy atom. The van der Waals surface area contributed by atoms with Crippen LogP contribution < -0.4 is 14.8 Å². The van der Waals surface area contributed by atoms with E-state index in [1.165, 1.54) is 0 Å². The van der Waals surface area contributed by atoms with Gasteiger partial charge in [-0.1, -0.05) is 19.1 Å². The van der Waals surface area contributed by atoms with Crippen LogP contribution in [0, 0.1) is 0 Å². The van der Waals surface area contributed by atoms with Gasteiger partial charge >= 0.3 is 0 Å². The number of para-hydroxylation sites is 2. The van der Waals surface area contributed by atoms with E-state index in [1.54, 1.807) is 26.4 Å². The summed E-state index contributed by atoms with van der Waals surface area (Å²) in [6, 6.07) is 7.27. The third kappa shape index (κ3) is 4.79. The predicted octanol–water partition coefficient (Wildman–Crippen LogP) is 1.62. The molecule has 5 heteroatoms. The van der Waals surface area contributed by atoms with E-state index >= 15 is 0 Å². The van der Waals surface area contributed by atoms with Crippen LogP contribution in [-0.4, -0.2) is 39.4 Å². The van der Waals surface area contributed by atoms with E-state index in [9.17, 15) is 4.79 Å². The maximum atomic E-state index is 11.9. The number of nitrogens with one attached hydrogen (secondary N) is 1. The molecule has 0 aliphatic heterocycles. The Labute approximate surface area is 113 Å². The predicted molar refractivity (Wildman–Crippen MR) is 72.6 cm³/mol. The minimum Gasteiger partial charge on any atom is -0.493 e. The Morgan fingerprint density at radius 2 is 1.95 bits per heavy atom. The molecule has 0 saturated carbocycles. The second-order valence-electron chi connectivity index (χ2n) is 3.95. The second-order valence-corrected chi connectivity index (χ2v) is 3.95. The van der Waals surface area contributed by atoms with Crippen molar-refractivity contribution in [1.29, 1.82) is 0 Å². The summed E-state index contributed by atoms with van der Waals surface area (Å²) in [5.74, 6) is 1.04. The van der Waals surface area contributed by atoms with Gasteiger partial charge in [0.1, 0.15) is 0 Å². The van der Waals surface area contributed by atoms with Crippen molar-refractivity contribution in [2.24, 2.45) is 0 Å². The third-order valence-electron chi connectivity index (χ3n) is 2.61. The van der Waals surface area contributed by atoms with Crippen molar-refractivity contribution in [3.63, 3.8) is 0 Å². The average molecular weight is 267 g/mol. The lowest BCUT2D eigenvalue weighted by Crippen LogP contribution is -2.39. The van der Waals surface area contributed by atoms with E-state index in [0.717, 1.165) is 0 Å². The summed E-state index contributed by atoms with van der Waals surface area (Å²) < 4.78 is 15.8. The largest absolute Gasteiger partial charge is 0.493 e. The molecule has 0 aliphatic rings. The molecule has 1 rings (SSSR count). The summed E-state index contributed by atoms with van der Waals surface area (Å²) in [4.78, 5) is 11.9. The molecule has 19 heavy (non-hydrogen) atoms. The van der Waals surface area contributed by atoms with Crippen molar-refractivity contribution in [2.45, 2.75) is 19.4 Å². The van der Waals surface area contributed by atoms with Crippen LogP contribution in [-0.2, 0) is 9.53 Å². The molecule has 5 nitrogen and oxygen atoms in total. The molecule has 0 spiro atoms. The lowest BCUT2D eigenvalue weighted by Gasteiger charge is -2.18. The first-order chi connectivity index (χ1) is 9.22. The van der Waals surface area contributed by atoms with E-state index < -0.39 is 6.10 Å². The minimum absolute atomic E-state index is 0.148. The SMILES string of the molecule is CC[C@H](Oc1ccccc1OC)C(=O)NCCOC. The average Bonchev–Trinajstić information content (AvgIpc) is 2.45. The van der Waals surface area contributed by atoms with E-state index in [0.29, 0.717) is 31.1 Å². The highest BCUT2D eigenvalue weighted by atomic mass is 16.5. The van der Waals surface area contributed by atoms with Crippen molar-refractivity contribution < 1.29 is 19.0 Å². The lowest BCUT2D eigenvalue weighted by molar-refractivity contribution is -0.128. The van der Waals surface area contributed by atoms with Crippen LogP contribution in [0.3, 0.4) is 0 Å². The Hall–Kier alpha value is -1.75. The van der Waals surface area contributed by atoms with Crippen LogP contribution in [0.15, 0.2) is 24.3 Å². The van der Waals surface area contributed by atoms with Gasteiger partial charge in [-0.15, -0.1) is 0 Å². The Balaban J connectivity index is 2.62. The first-order valence-electron chi connectivity index (χ1n) is 6.29. The van der Waals surface area contributed by atoms with Crippen LogP contribution in [0.25, 0.3) is 0 Å². The number of carbonyl (C=O) groups excluding carboxylic acids is 1. The van der Waals surface area contributed by atoms with Crippen molar-refractivity contribution in [2.75, 3.05) is 27.4 Å². The first kappa shape index (κ1) is 15.3. The molecule has 0 bridgehead atoms. The second kappa shape index (κ2) is 8.37. The van der Waals surface area contributed by atoms with Crippen LogP contribution in [0.5, 0.6) is 11.5 Å². The third-order valence-corrected chi connectivity index (χ3v) is 2.61. The monoisotopic (exact) mass is 267 g/mol. The van der Waals surface area contributed by atoms with Gasteiger partial charge < -0.3 is 19.5 Å². The molecule has 106 valence electrons. The number of hydrogen-bond donors (Lipinski definition) is 1. The fraction of sp³-hybridized carbons (Fsp3) is 0.500. The maximum absolute atomic E-state index is 11.9. The van der Waals surface area contributed by atoms with Gasteiger partial charge in [-0.25, -0.2) is 0 Å². The molecule has 0 unspecified atom stereocenters. The molecule has 0 heterocycles. The molecule has 1 aromatic rings. The fourth-order valence-electron chi connectivity index (χ4n) is 1.58. The summed E-state index contributed by atoms with van der Waals surface area (Å²) >= 11 is 0. The number of amides is 1. The molecule has 0 saturated heterocycles. The van der Waals surface area contributed by atoms with Gasteiger partial charge in [-0.2, -0.15) is 0 Å². The van der Waals surface area contributed by atoms with Crippen LogP contribution in [0.1, 0.15) is 13.3 Å². The summed E-state index contributed by atoms with van der Waals surface area (Å²) in [6.45, 7) is 2.86. The Morgan fingerprint density at radius 3 is 2.53 bits per heavy atom. The summed E-state index contributed by atoms with van der Waals surface area (Å²) in [5.41, 5.74) is 0. The zero-order valence-electron chi connectivity index (χ0n) is 11.6. The molecule has 0 radical (unpaired) electrons. The Bertz CT molecular complexity index is 395. The van der Waals surface area contributed by atoms with E-state index in [-0.39, 0.29) is 5.91 Å². The number of benzene rings is 1. The van der Waals surface area contributed by atoms with Crippen LogP contribution >= 0.6 is 0 Å². The van der Waals surface area contributed by atoms with Crippen LogP contribution in [0.2, 0.25) is 0 Å². The Kier molecular flexibility index (Phi) is 6.74. The molecular weight excluding hydrogens is 246 g/mol. The zero-order chi connectivity index (χ0) is 14.1. The lowest BCUT2D eigenvalue weighted by atomic mass is 10.2. The molecule has 0 fully saturated rings. The summed E-state index contributed by atoms with van der Waals surface area (Å²) in [7, 11) is 3.16. The molecule has 0 aromatic heterocycles. The standard InChI is InChI=1S/C14H21NO4/c1-4-11(14(16)15-9-10-17-2)19-13-8-6-5-7-12(13)18-3/h5-8,11H,4,9-10H2,1-3H3,(H,15,16)/t11-/m0/s1. The number of methoxy groups -OCH3 is 2. The van der Waals surface area contributed by atoms with Gasteiger partial charge in [0.15, 0.2) is 17.6 Å². The van der Waals surface area contributed by atoms with Crippen molar-refractivity contribution in [3.05, 3.63) is 24.3 Å². The highest BCUT2D eigenvalue weighted by Crippen LogP contribution is 2.27. The summed E-state index contributed by atoms with van der Waals surface area (Å²) in [5, 5.41) is 2.76. The normalized spacial score (nSPS) is 11.7. The number of rotatable bonds is 8. The highest BCUT2D eigenvalue weighted by molar-refractivity contribution is 5.81. The molecule has 1 aromatic carbocycles. The highest BCUT2D eigenvalue weighted by Gasteiger charge is 2.19. The van der Waals surface area contributed by atoms with Crippen molar-refractivity contribution >= 4 is 5.91 Å². The van der Waals surface area contributed by atoms with Crippen LogP contribution in [0.4, 0.5) is 0 Å². The topological polar surface area (TPSA) is 56.8 Å². The van der Waals surface area contributed by atoms with E-state index in [4.69, 9.17) is 14.2 Å². The van der Waals surface area contributed by atoms with Gasteiger partial charge in [-0.3, -0.25) is 4.79 Å². The molecule has 1 amide bonds.